The second-order valence-electron chi connectivity index (χ2n) is 3.11. The van der Waals surface area contributed by atoms with Crippen molar-refractivity contribution in [1.82, 2.24) is 14.8 Å². The summed E-state index contributed by atoms with van der Waals surface area (Å²) in [4.78, 5) is 0. The van der Waals surface area contributed by atoms with Gasteiger partial charge in [0, 0.05) is 17.2 Å². The van der Waals surface area contributed by atoms with Crippen molar-refractivity contribution in [3.8, 4) is 0 Å². The van der Waals surface area contributed by atoms with Gasteiger partial charge < -0.3 is 5.32 Å². The second kappa shape index (κ2) is 3.71. The van der Waals surface area contributed by atoms with E-state index in [-0.39, 0.29) is 0 Å². The van der Waals surface area contributed by atoms with E-state index >= 15 is 0 Å². The Bertz CT molecular complexity index is 424. The van der Waals surface area contributed by atoms with Gasteiger partial charge in [0.1, 0.15) is 0 Å². The van der Waals surface area contributed by atoms with Crippen molar-refractivity contribution in [3.05, 3.63) is 29.3 Å². The van der Waals surface area contributed by atoms with Crippen LogP contribution in [0.5, 0.6) is 0 Å². The van der Waals surface area contributed by atoms with Gasteiger partial charge in [-0.2, -0.15) is 0 Å². The van der Waals surface area contributed by atoms with Gasteiger partial charge in [0.15, 0.2) is 0 Å². The molecule has 72 valence electrons. The third-order valence-electron chi connectivity index (χ3n) is 1.93. The van der Waals surface area contributed by atoms with Crippen LogP contribution in [0.25, 0.3) is 0 Å². The standard InChI is InChI=1S/C9H10N4S/c1-6-3-4-7(2)8(5-6)10-9-11-12-13-14-9/h3-5H,1-2H3,(H,10,11,13). The summed E-state index contributed by atoms with van der Waals surface area (Å²) in [5.41, 5.74) is 3.46. The first-order valence-electron chi connectivity index (χ1n) is 4.25. The van der Waals surface area contributed by atoms with Crippen molar-refractivity contribution in [1.29, 1.82) is 0 Å². The number of aryl methyl sites for hydroxylation is 2. The number of nitrogens with one attached hydrogen (secondary N) is 1. The summed E-state index contributed by atoms with van der Waals surface area (Å²) >= 11 is 1.25. The van der Waals surface area contributed by atoms with Gasteiger partial charge in [-0.15, -0.1) is 0 Å². The second-order valence-corrected chi connectivity index (χ2v) is 3.84. The third-order valence-corrected chi connectivity index (χ3v) is 2.45. The Morgan fingerprint density at radius 2 is 2.14 bits per heavy atom. The van der Waals surface area contributed by atoms with Crippen molar-refractivity contribution < 1.29 is 0 Å². The van der Waals surface area contributed by atoms with Gasteiger partial charge in [0.25, 0.3) is 0 Å². The molecule has 0 bridgehead atoms. The lowest BCUT2D eigenvalue weighted by molar-refractivity contribution is 0.961. The highest BCUT2D eigenvalue weighted by Crippen LogP contribution is 2.21. The number of hydrogen-bond donors (Lipinski definition) is 1. The molecule has 5 heteroatoms. The number of benzene rings is 1. The molecule has 0 saturated carbocycles. The zero-order valence-electron chi connectivity index (χ0n) is 7.98. The number of aromatic nitrogens is 3. The molecule has 0 fully saturated rings. The summed E-state index contributed by atoms with van der Waals surface area (Å²) in [7, 11) is 0. The molecule has 0 aliphatic heterocycles. The van der Waals surface area contributed by atoms with Crippen LogP contribution in [0.1, 0.15) is 11.1 Å². The Morgan fingerprint density at radius 1 is 1.29 bits per heavy atom. The zero-order valence-corrected chi connectivity index (χ0v) is 8.80. The largest absolute Gasteiger partial charge is 0.329 e. The predicted octanol–water partition coefficient (Wildman–Crippen LogP) is 2.29. The minimum Gasteiger partial charge on any atom is -0.329 e. The summed E-state index contributed by atoms with van der Waals surface area (Å²) in [5.74, 6) is 0. The molecule has 2 aromatic rings. The van der Waals surface area contributed by atoms with E-state index in [1.165, 1.54) is 22.7 Å². The smallest absolute Gasteiger partial charge is 0.229 e. The highest BCUT2D eigenvalue weighted by atomic mass is 32.1. The van der Waals surface area contributed by atoms with E-state index in [9.17, 15) is 0 Å². The van der Waals surface area contributed by atoms with Crippen LogP contribution in [0, 0.1) is 13.8 Å². The van der Waals surface area contributed by atoms with E-state index in [2.05, 4.69) is 52.2 Å². The fourth-order valence-corrected chi connectivity index (χ4v) is 1.55. The Kier molecular flexibility index (Phi) is 2.41. The Morgan fingerprint density at radius 3 is 2.86 bits per heavy atom. The summed E-state index contributed by atoms with van der Waals surface area (Å²) in [5, 5.41) is 11.3. The lowest BCUT2D eigenvalue weighted by atomic mass is 10.1. The number of rotatable bonds is 2. The zero-order chi connectivity index (χ0) is 9.97. The molecule has 0 aliphatic carbocycles. The van der Waals surface area contributed by atoms with Crippen molar-refractivity contribution in [2.45, 2.75) is 13.8 Å². The highest BCUT2D eigenvalue weighted by Gasteiger charge is 2.01. The molecule has 0 spiro atoms. The van der Waals surface area contributed by atoms with E-state index in [4.69, 9.17) is 0 Å². The minimum absolute atomic E-state index is 0.721. The van der Waals surface area contributed by atoms with Gasteiger partial charge >= 0.3 is 0 Å². The number of anilines is 2. The molecule has 0 unspecified atom stereocenters. The molecule has 0 aliphatic rings. The van der Waals surface area contributed by atoms with Crippen LogP contribution in [-0.4, -0.2) is 14.8 Å². The monoisotopic (exact) mass is 206 g/mol. The van der Waals surface area contributed by atoms with Gasteiger partial charge in [-0.1, -0.05) is 21.7 Å². The van der Waals surface area contributed by atoms with Crippen LogP contribution in [0.3, 0.4) is 0 Å². The first-order chi connectivity index (χ1) is 6.75. The van der Waals surface area contributed by atoms with Crippen molar-refractivity contribution >= 4 is 22.4 Å². The molecule has 2 rings (SSSR count). The molecule has 1 aromatic carbocycles. The predicted molar refractivity (Wildman–Crippen MR) is 56.9 cm³/mol. The van der Waals surface area contributed by atoms with E-state index in [0.717, 1.165) is 10.8 Å². The molecule has 0 radical (unpaired) electrons. The first-order valence-corrected chi connectivity index (χ1v) is 5.02. The average Bonchev–Trinajstić information content (AvgIpc) is 2.64. The lowest BCUT2D eigenvalue weighted by Gasteiger charge is -2.06. The van der Waals surface area contributed by atoms with E-state index in [1.807, 2.05) is 0 Å². The van der Waals surface area contributed by atoms with Crippen LogP contribution in [0.15, 0.2) is 18.2 Å². The summed E-state index contributed by atoms with van der Waals surface area (Å²) in [6.45, 7) is 4.11. The highest BCUT2D eigenvalue weighted by molar-refractivity contribution is 7.09. The van der Waals surface area contributed by atoms with Gasteiger partial charge in [0.05, 0.1) is 0 Å². The molecule has 0 atom stereocenters. The molecule has 14 heavy (non-hydrogen) atoms. The van der Waals surface area contributed by atoms with Crippen LogP contribution in [0.4, 0.5) is 10.8 Å². The fraction of sp³-hybridized carbons (Fsp3) is 0.222. The Hall–Kier alpha value is -1.49. The van der Waals surface area contributed by atoms with Crippen molar-refractivity contribution in [2.24, 2.45) is 0 Å². The summed E-state index contributed by atoms with van der Waals surface area (Å²) in [6.07, 6.45) is 0. The molecular formula is C9H10N4S. The van der Waals surface area contributed by atoms with Gasteiger partial charge in [0.2, 0.25) is 5.13 Å². The van der Waals surface area contributed by atoms with E-state index in [0.29, 0.717) is 0 Å². The average molecular weight is 206 g/mol. The van der Waals surface area contributed by atoms with E-state index < -0.39 is 0 Å². The molecule has 1 aromatic heterocycles. The van der Waals surface area contributed by atoms with Gasteiger partial charge in [-0.3, -0.25) is 0 Å². The maximum absolute atomic E-state index is 3.83. The minimum atomic E-state index is 0.721. The number of hydrogen-bond acceptors (Lipinski definition) is 5. The maximum atomic E-state index is 3.83. The van der Waals surface area contributed by atoms with Crippen LogP contribution in [0.2, 0.25) is 0 Å². The third kappa shape index (κ3) is 1.88. The normalized spacial score (nSPS) is 10.1. The molecule has 4 nitrogen and oxygen atoms in total. The topological polar surface area (TPSA) is 50.7 Å². The molecule has 1 heterocycles. The van der Waals surface area contributed by atoms with Crippen molar-refractivity contribution in [3.63, 3.8) is 0 Å². The summed E-state index contributed by atoms with van der Waals surface area (Å²) in [6, 6.07) is 6.24. The maximum Gasteiger partial charge on any atom is 0.229 e. The molecule has 0 amide bonds. The van der Waals surface area contributed by atoms with Crippen LogP contribution < -0.4 is 5.32 Å². The fourth-order valence-electron chi connectivity index (χ4n) is 1.17. The van der Waals surface area contributed by atoms with Crippen molar-refractivity contribution in [2.75, 3.05) is 5.32 Å². The van der Waals surface area contributed by atoms with E-state index in [1.54, 1.807) is 0 Å². The molecule has 0 saturated heterocycles. The Labute approximate surface area is 86.1 Å². The Balaban J connectivity index is 2.28. The SMILES string of the molecule is Cc1ccc(C)c(Nc2nnns2)c1. The quantitative estimate of drug-likeness (QED) is 0.819. The lowest BCUT2D eigenvalue weighted by Crippen LogP contribution is -1.93. The van der Waals surface area contributed by atoms with Gasteiger partial charge in [-0.25, -0.2) is 0 Å². The molecular weight excluding hydrogens is 196 g/mol. The number of nitrogens with zero attached hydrogens (tertiary/aromatic N) is 3. The molecule has 1 N–H and O–H groups in total. The van der Waals surface area contributed by atoms with Crippen LogP contribution >= 0.6 is 11.5 Å². The summed E-state index contributed by atoms with van der Waals surface area (Å²) < 4.78 is 3.69. The van der Waals surface area contributed by atoms with Crippen LogP contribution in [-0.2, 0) is 0 Å². The first kappa shape index (κ1) is 9.08. The van der Waals surface area contributed by atoms with Gasteiger partial charge in [-0.05, 0) is 36.3 Å².